The highest BCUT2D eigenvalue weighted by atomic mass is 16.2. The van der Waals surface area contributed by atoms with Crippen molar-refractivity contribution in [2.24, 2.45) is 11.3 Å². The zero-order valence-corrected chi connectivity index (χ0v) is 9.20. The van der Waals surface area contributed by atoms with Crippen LogP contribution in [0.5, 0.6) is 0 Å². The third kappa shape index (κ3) is 1.05. The number of amides is 1. The van der Waals surface area contributed by atoms with Gasteiger partial charge in [-0.05, 0) is 37.2 Å². The van der Waals surface area contributed by atoms with Crippen molar-refractivity contribution in [3.63, 3.8) is 0 Å². The first-order valence-corrected chi connectivity index (χ1v) is 6.13. The normalized spacial score (nSPS) is 36.1. The summed E-state index contributed by atoms with van der Waals surface area (Å²) in [5.41, 5.74) is 1.37. The molecule has 4 rings (SSSR count). The van der Waals surface area contributed by atoms with Crippen molar-refractivity contribution in [1.82, 2.24) is 5.32 Å². The Labute approximate surface area is 95.0 Å². The summed E-state index contributed by atoms with van der Waals surface area (Å²) in [5, 5.41) is 3.29. The maximum Gasteiger partial charge on any atom is 0.227 e. The van der Waals surface area contributed by atoms with Crippen molar-refractivity contribution >= 4 is 5.91 Å². The Morgan fingerprint density at radius 3 is 2.31 bits per heavy atom. The molecule has 82 valence electrons. The molecule has 0 heterocycles. The van der Waals surface area contributed by atoms with E-state index in [0.29, 0.717) is 5.91 Å². The number of hydrogen-bond acceptors (Lipinski definition) is 1. The van der Waals surface area contributed by atoms with Crippen molar-refractivity contribution in [2.75, 3.05) is 0 Å². The van der Waals surface area contributed by atoms with Crippen LogP contribution in [-0.4, -0.2) is 5.91 Å². The fourth-order valence-corrected chi connectivity index (χ4v) is 2.78. The fraction of sp³-hybridized carbons (Fsp3) is 0.500. The Bertz CT molecular complexity index is 455. The Kier molecular flexibility index (Phi) is 1.38. The molecule has 3 saturated carbocycles. The van der Waals surface area contributed by atoms with Crippen molar-refractivity contribution in [2.45, 2.75) is 31.2 Å². The van der Waals surface area contributed by atoms with E-state index in [1.807, 2.05) is 6.07 Å². The summed E-state index contributed by atoms with van der Waals surface area (Å²) >= 11 is 0. The van der Waals surface area contributed by atoms with Crippen LogP contribution in [0.15, 0.2) is 30.3 Å². The lowest BCUT2D eigenvalue weighted by Crippen LogP contribution is -2.37. The molecule has 3 fully saturated rings. The summed E-state index contributed by atoms with van der Waals surface area (Å²) in [4.78, 5) is 12.1. The van der Waals surface area contributed by atoms with E-state index in [2.05, 4.69) is 29.6 Å². The first-order chi connectivity index (χ1) is 7.75. The van der Waals surface area contributed by atoms with Crippen molar-refractivity contribution in [1.29, 1.82) is 0 Å². The predicted octanol–water partition coefficient (Wildman–Crippen LogP) is 2.20. The summed E-state index contributed by atoms with van der Waals surface area (Å²) in [6.07, 6.45) is 4.49. The molecule has 2 heteroatoms. The van der Waals surface area contributed by atoms with Crippen LogP contribution in [0.3, 0.4) is 0 Å². The van der Waals surface area contributed by atoms with Crippen LogP contribution in [0.25, 0.3) is 0 Å². The average molecular weight is 213 g/mol. The molecule has 0 aliphatic heterocycles. The molecule has 0 bridgehead atoms. The smallest absolute Gasteiger partial charge is 0.227 e. The maximum atomic E-state index is 12.1. The van der Waals surface area contributed by atoms with Crippen molar-refractivity contribution in [3.8, 4) is 0 Å². The third-order valence-corrected chi connectivity index (χ3v) is 4.56. The first-order valence-electron chi connectivity index (χ1n) is 6.13. The first kappa shape index (κ1) is 8.80. The Morgan fingerprint density at radius 1 is 1.19 bits per heavy atom. The molecule has 1 aromatic carbocycles. The highest BCUT2D eigenvalue weighted by Gasteiger charge is 2.75. The lowest BCUT2D eigenvalue weighted by molar-refractivity contribution is -0.125. The molecular formula is C14H15NO. The molecule has 0 unspecified atom stereocenters. The van der Waals surface area contributed by atoms with Gasteiger partial charge in [-0.2, -0.15) is 0 Å². The number of fused-ring (bicyclic) bond motifs is 1. The zero-order valence-electron chi connectivity index (χ0n) is 9.20. The van der Waals surface area contributed by atoms with Gasteiger partial charge in [0.15, 0.2) is 0 Å². The monoisotopic (exact) mass is 213 g/mol. The molecule has 3 aliphatic rings. The van der Waals surface area contributed by atoms with Gasteiger partial charge in [0.1, 0.15) is 0 Å². The van der Waals surface area contributed by atoms with E-state index in [0.717, 1.165) is 31.6 Å². The van der Waals surface area contributed by atoms with E-state index in [-0.39, 0.29) is 11.0 Å². The average Bonchev–Trinajstić information content (AvgIpc) is 3.13. The number of carbonyl (C=O) groups is 1. The van der Waals surface area contributed by atoms with E-state index in [1.54, 1.807) is 0 Å². The number of hydrogen-bond donors (Lipinski definition) is 1. The second-order valence-corrected chi connectivity index (χ2v) is 5.66. The predicted molar refractivity (Wildman–Crippen MR) is 60.7 cm³/mol. The molecular weight excluding hydrogens is 198 g/mol. The largest absolute Gasteiger partial charge is 0.346 e. The van der Waals surface area contributed by atoms with Gasteiger partial charge in [0.2, 0.25) is 5.91 Å². The molecule has 1 N–H and O–H groups in total. The maximum absolute atomic E-state index is 12.1. The third-order valence-electron chi connectivity index (χ3n) is 4.56. The number of carbonyl (C=O) groups excluding carboxylic acids is 1. The molecule has 2 nitrogen and oxygen atoms in total. The van der Waals surface area contributed by atoms with Gasteiger partial charge in [-0.25, -0.2) is 0 Å². The minimum absolute atomic E-state index is 0.0111. The lowest BCUT2D eigenvalue weighted by atomic mass is 10.0. The molecule has 3 aliphatic carbocycles. The second-order valence-electron chi connectivity index (χ2n) is 5.66. The van der Waals surface area contributed by atoms with Crippen LogP contribution in [0.1, 0.15) is 31.2 Å². The Hall–Kier alpha value is -1.31. The van der Waals surface area contributed by atoms with Gasteiger partial charge < -0.3 is 5.32 Å². The highest BCUT2D eigenvalue weighted by molar-refractivity contribution is 5.91. The van der Waals surface area contributed by atoms with E-state index in [4.69, 9.17) is 0 Å². The van der Waals surface area contributed by atoms with Gasteiger partial charge in [-0.1, -0.05) is 30.3 Å². The van der Waals surface area contributed by atoms with Crippen LogP contribution in [0, 0.1) is 11.3 Å². The molecule has 0 aromatic heterocycles. The lowest BCUT2D eigenvalue weighted by Gasteiger charge is -2.19. The van der Waals surface area contributed by atoms with E-state index >= 15 is 0 Å². The number of nitrogens with one attached hydrogen (secondary N) is 1. The fourth-order valence-electron chi connectivity index (χ4n) is 2.78. The van der Waals surface area contributed by atoms with Crippen LogP contribution in [-0.2, 0) is 10.3 Å². The van der Waals surface area contributed by atoms with Crippen molar-refractivity contribution in [3.05, 3.63) is 35.9 Å². The van der Waals surface area contributed by atoms with Gasteiger partial charge >= 0.3 is 0 Å². The molecule has 1 aromatic rings. The topological polar surface area (TPSA) is 29.1 Å². The molecule has 0 radical (unpaired) electrons. The van der Waals surface area contributed by atoms with Gasteiger partial charge in [-0.3, -0.25) is 4.79 Å². The quantitative estimate of drug-likeness (QED) is 0.819. The van der Waals surface area contributed by atoms with Crippen LogP contribution >= 0.6 is 0 Å². The molecule has 1 amide bonds. The minimum atomic E-state index is -0.0111. The van der Waals surface area contributed by atoms with E-state index in [9.17, 15) is 4.79 Å². The number of rotatable bonds is 3. The standard InChI is InChI=1S/C14H15NO/c16-12(13-8-11(13)9-13)15-14(6-7-14)10-4-2-1-3-5-10/h1-5,11H,6-9H2,(H,15,16). The Morgan fingerprint density at radius 2 is 1.81 bits per heavy atom. The summed E-state index contributed by atoms with van der Waals surface area (Å²) in [6.45, 7) is 0. The minimum Gasteiger partial charge on any atom is -0.346 e. The van der Waals surface area contributed by atoms with Crippen LogP contribution in [0.2, 0.25) is 0 Å². The van der Waals surface area contributed by atoms with Gasteiger partial charge in [0.05, 0.1) is 11.0 Å². The summed E-state index contributed by atoms with van der Waals surface area (Å²) in [6, 6.07) is 10.4. The second kappa shape index (κ2) is 2.50. The Balaban J connectivity index is 1.56. The summed E-state index contributed by atoms with van der Waals surface area (Å²) in [7, 11) is 0. The van der Waals surface area contributed by atoms with Gasteiger partial charge in [0.25, 0.3) is 0 Å². The summed E-state index contributed by atoms with van der Waals surface area (Å²) < 4.78 is 0. The summed E-state index contributed by atoms with van der Waals surface area (Å²) in [5.74, 6) is 1.05. The molecule has 0 atom stereocenters. The van der Waals surface area contributed by atoms with E-state index in [1.165, 1.54) is 5.56 Å². The molecule has 0 saturated heterocycles. The number of benzene rings is 1. The molecule has 0 spiro atoms. The zero-order chi connectivity index (χ0) is 10.8. The van der Waals surface area contributed by atoms with Gasteiger partial charge in [0, 0.05) is 0 Å². The van der Waals surface area contributed by atoms with Crippen LogP contribution < -0.4 is 5.32 Å². The van der Waals surface area contributed by atoms with E-state index < -0.39 is 0 Å². The SMILES string of the molecule is O=C(NC1(c2ccccc2)CC1)C12CC1C2. The highest BCUT2D eigenvalue weighted by Crippen LogP contribution is 2.75. The van der Waals surface area contributed by atoms with Gasteiger partial charge in [-0.15, -0.1) is 0 Å². The van der Waals surface area contributed by atoms with Crippen LogP contribution in [0.4, 0.5) is 0 Å². The van der Waals surface area contributed by atoms with Crippen molar-refractivity contribution < 1.29 is 4.79 Å². The molecule has 16 heavy (non-hydrogen) atoms.